The first-order chi connectivity index (χ1) is 7.17. The zero-order valence-electron chi connectivity index (χ0n) is 7.72. The van der Waals surface area contributed by atoms with Gasteiger partial charge in [0.1, 0.15) is 5.03 Å². The van der Waals surface area contributed by atoms with Crippen LogP contribution in [0.3, 0.4) is 0 Å². The second kappa shape index (κ2) is 6.09. The molecule has 0 saturated heterocycles. The molecule has 1 atom stereocenters. The molecule has 0 saturated carbocycles. The molecule has 1 aromatic rings. The molecule has 0 spiro atoms. The van der Waals surface area contributed by atoms with E-state index in [1.54, 1.807) is 0 Å². The maximum Gasteiger partial charge on any atom is 0.238 e. The number of nitrogen functional groups attached to an aromatic ring is 1. The molecule has 1 unspecified atom stereocenters. The van der Waals surface area contributed by atoms with Crippen LogP contribution in [0, 0.1) is 0 Å². The van der Waals surface area contributed by atoms with Crippen LogP contribution in [0.1, 0.15) is 0 Å². The van der Waals surface area contributed by atoms with Gasteiger partial charge in [0.2, 0.25) is 5.95 Å². The summed E-state index contributed by atoms with van der Waals surface area (Å²) >= 11 is 7.04. The Bertz CT molecular complexity index is 328. The van der Waals surface area contributed by atoms with E-state index in [9.17, 15) is 0 Å². The molecule has 0 aliphatic rings. The Morgan fingerprint density at radius 2 is 2.40 bits per heavy atom. The molecule has 0 aliphatic carbocycles. The van der Waals surface area contributed by atoms with Crippen LogP contribution in [0.4, 0.5) is 5.95 Å². The number of thioether (sulfide) groups is 1. The van der Waals surface area contributed by atoms with Crippen LogP contribution < -0.4 is 11.3 Å². The van der Waals surface area contributed by atoms with E-state index >= 15 is 0 Å². The molecule has 0 radical (unpaired) electrons. The summed E-state index contributed by atoms with van der Waals surface area (Å²) in [6, 6.07) is 0. The lowest BCUT2D eigenvalue weighted by Crippen LogP contribution is -2.15. The van der Waals surface area contributed by atoms with Crippen LogP contribution in [-0.2, 0) is 0 Å². The number of nitrogens with two attached hydrogens (primary N) is 1. The lowest BCUT2D eigenvalue weighted by atomic mass is 10.4. The molecular formula is C7H11ClN4O2S. The third-order valence-corrected chi connectivity index (χ3v) is 2.99. The van der Waals surface area contributed by atoms with Gasteiger partial charge in [0, 0.05) is 5.75 Å². The maximum atomic E-state index is 9.14. The number of hydrazine groups is 1. The van der Waals surface area contributed by atoms with Crippen molar-refractivity contribution in [1.29, 1.82) is 0 Å². The van der Waals surface area contributed by atoms with Crippen molar-refractivity contribution in [3.8, 4) is 0 Å². The molecule has 6 nitrogen and oxygen atoms in total. The van der Waals surface area contributed by atoms with Crippen LogP contribution in [-0.4, -0.2) is 38.6 Å². The molecule has 8 heteroatoms. The predicted molar refractivity (Wildman–Crippen MR) is 58.7 cm³/mol. The van der Waals surface area contributed by atoms with E-state index < -0.39 is 6.10 Å². The number of aromatic nitrogens is 2. The summed E-state index contributed by atoms with van der Waals surface area (Å²) < 4.78 is 0. The number of rotatable bonds is 5. The molecule has 0 aliphatic heterocycles. The number of hydrogen-bond acceptors (Lipinski definition) is 7. The van der Waals surface area contributed by atoms with Crippen LogP contribution in [0.5, 0.6) is 0 Å². The lowest BCUT2D eigenvalue weighted by molar-refractivity contribution is 0.113. The number of nitrogens with one attached hydrogen (secondary N) is 1. The summed E-state index contributed by atoms with van der Waals surface area (Å²) in [6.45, 7) is -0.294. The van der Waals surface area contributed by atoms with Gasteiger partial charge in [-0.15, -0.1) is 11.8 Å². The van der Waals surface area contributed by atoms with Crippen molar-refractivity contribution < 1.29 is 10.2 Å². The van der Waals surface area contributed by atoms with E-state index in [0.717, 1.165) is 0 Å². The molecule has 0 fully saturated rings. The summed E-state index contributed by atoms with van der Waals surface area (Å²) in [5, 5.41) is 18.6. The van der Waals surface area contributed by atoms with Gasteiger partial charge in [0.15, 0.2) is 0 Å². The summed E-state index contributed by atoms with van der Waals surface area (Å²) in [7, 11) is 0. The highest BCUT2D eigenvalue weighted by Crippen LogP contribution is 2.25. The molecule has 15 heavy (non-hydrogen) atoms. The van der Waals surface area contributed by atoms with E-state index in [-0.39, 0.29) is 12.6 Å². The fourth-order valence-electron chi connectivity index (χ4n) is 0.750. The molecule has 1 heterocycles. The minimum atomic E-state index is -0.796. The van der Waals surface area contributed by atoms with Crippen molar-refractivity contribution in [3.63, 3.8) is 0 Å². The first-order valence-electron chi connectivity index (χ1n) is 4.08. The number of aliphatic hydroxyl groups excluding tert-OH is 2. The largest absolute Gasteiger partial charge is 0.394 e. The monoisotopic (exact) mass is 250 g/mol. The van der Waals surface area contributed by atoms with Gasteiger partial charge in [0.05, 0.1) is 23.9 Å². The van der Waals surface area contributed by atoms with Crippen LogP contribution >= 0.6 is 23.4 Å². The van der Waals surface area contributed by atoms with Gasteiger partial charge in [-0.2, -0.15) is 0 Å². The van der Waals surface area contributed by atoms with Gasteiger partial charge in [-0.25, -0.2) is 15.8 Å². The van der Waals surface area contributed by atoms with Gasteiger partial charge in [-0.1, -0.05) is 11.6 Å². The van der Waals surface area contributed by atoms with Crippen molar-refractivity contribution in [3.05, 3.63) is 11.2 Å². The standard InChI is InChI=1S/C7H11ClN4O2S/c8-5-1-10-7(12-9)11-6(5)15-3-4(14)2-13/h1,4,13-14H,2-3,9H2,(H,10,11,12). The highest BCUT2D eigenvalue weighted by atomic mass is 35.5. The zero-order valence-corrected chi connectivity index (χ0v) is 9.29. The Morgan fingerprint density at radius 3 is 3.00 bits per heavy atom. The van der Waals surface area contributed by atoms with Crippen LogP contribution in [0.15, 0.2) is 11.2 Å². The minimum absolute atomic E-state index is 0.250. The molecule has 0 bridgehead atoms. The van der Waals surface area contributed by atoms with E-state index in [1.165, 1.54) is 18.0 Å². The third kappa shape index (κ3) is 3.80. The number of aliphatic hydroxyl groups is 2. The highest BCUT2D eigenvalue weighted by molar-refractivity contribution is 7.99. The fourth-order valence-corrected chi connectivity index (χ4v) is 1.80. The molecule has 1 aromatic heterocycles. The molecule has 84 valence electrons. The molecule has 0 amide bonds. The number of anilines is 1. The van der Waals surface area contributed by atoms with Crippen molar-refractivity contribution in [2.45, 2.75) is 11.1 Å². The van der Waals surface area contributed by atoms with Crippen LogP contribution in [0.2, 0.25) is 5.02 Å². The molecular weight excluding hydrogens is 240 g/mol. The fraction of sp³-hybridized carbons (Fsp3) is 0.429. The van der Waals surface area contributed by atoms with Crippen molar-refractivity contribution in [1.82, 2.24) is 9.97 Å². The number of nitrogens with zero attached hydrogens (tertiary/aromatic N) is 2. The van der Waals surface area contributed by atoms with Crippen molar-refractivity contribution in [2.75, 3.05) is 17.8 Å². The quantitative estimate of drug-likeness (QED) is 0.250. The molecule has 0 aromatic carbocycles. The Balaban J connectivity index is 2.66. The summed E-state index contributed by atoms with van der Waals surface area (Å²) in [6.07, 6.45) is 0.618. The third-order valence-electron chi connectivity index (χ3n) is 1.46. The van der Waals surface area contributed by atoms with E-state index in [2.05, 4.69) is 15.4 Å². The second-order valence-electron chi connectivity index (χ2n) is 2.64. The van der Waals surface area contributed by atoms with Gasteiger partial charge >= 0.3 is 0 Å². The average molecular weight is 251 g/mol. The normalized spacial score (nSPS) is 12.5. The SMILES string of the molecule is NNc1ncc(Cl)c(SCC(O)CO)n1. The Hall–Kier alpha value is -0.600. The maximum absolute atomic E-state index is 9.14. The molecule has 1 rings (SSSR count). The second-order valence-corrected chi connectivity index (χ2v) is 4.05. The lowest BCUT2D eigenvalue weighted by Gasteiger charge is -2.07. The van der Waals surface area contributed by atoms with Crippen molar-refractivity contribution in [2.24, 2.45) is 5.84 Å². The predicted octanol–water partition coefficient (Wildman–Crippen LogP) is -0.139. The first-order valence-corrected chi connectivity index (χ1v) is 5.44. The highest BCUT2D eigenvalue weighted by Gasteiger charge is 2.08. The topological polar surface area (TPSA) is 104 Å². The Kier molecular flexibility index (Phi) is 5.06. The first kappa shape index (κ1) is 12.5. The van der Waals surface area contributed by atoms with E-state index in [4.69, 9.17) is 27.7 Å². The average Bonchev–Trinajstić information content (AvgIpc) is 2.27. The summed E-state index contributed by atoms with van der Waals surface area (Å²) in [5.74, 6) is 5.69. The van der Waals surface area contributed by atoms with Gasteiger partial charge in [-0.05, 0) is 0 Å². The van der Waals surface area contributed by atoms with E-state index in [1.807, 2.05) is 0 Å². The Morgan fingerprint density at radius 1 is 1.67 bits per heavy atom. The molecule has 5 N–H and O–H groups in total. The number of halogens is 1. The minimum Gasteiger partial charge on any atom is -0.394 e. The van der Waals surface area contributed by atoms with Crippen LogP contribution in [0.25, 0.3) is 0 Å². The Labute approximate surface area is 95.8 Å². The van der Waals surface area contributed by atoms with E-state index in [0.29, 0.717) is 15.8 Å². The number of hydrogen-bond donors (Lipinski definition) is 4. The van der Waals surface area contributed by atoms with Crippen molar-refractivity contribution >= 4 is 29.3 Å². The summed E-state index contributed by atoms with van der Waals surface area (Å²) in [4.78, 5) is 7.79. The van der Waals surface area contributed by atoms with Gasteiger partial charge in [-0.3, -0.25) is 5.43 Å². The van der Waals surface area contributed by atoms with Gasteiger partial charge in [0.25, 0.3) is 0 Å². The zero-order chi connectivity index (χ0) is 11.3. The smallest absolute Gasteiger partial charge is 0.238 e. The summed E-state index contributed by atoms with van der Waals surface area (Å²) in [5.41, 5.74) is 2.29. The van der Waals surface area contributed by atoms with Gasteiger partial charge < -0.3 is 10.2 Å².